The van der Waals surface area contributed by atoms with Crippen molar-refractivity contribution in [1.29, 1.82) is 0 Å². The highest BCUT2D eigenvalue weighted by Crippen LogP contribution is 2.43. The third-order valence-electron chi connectivity index (χ3n) is 5.21. The van der Waals surface area contributed by atoms with Gasteiger partial charge in [-0.1, -0.05) is 0 Å². The van der Waals surface area contributed by atoms with E-state index in [0.717, 1.165) is 11.1 Å². The van der Waals surface area contributed by atoms with Gasteiger partial charge >= 0.3 is 5.69 Å². The van der Waals surface area contributed by atoms with Crippen molar-refractivity contribution in [2.24, 2.45) is 0 Å². The lowest BCUT2D eigenvalue weighted by molar-refractivity contribution is 0.0762. The molecule has 1 aromatic carbocycles. The van der Waals surface area contributed by atoms with Gasteiger partial charge in [-0.3, -0.25) is 9.78 Å². The van der Waals surface area contributed by atoms with Crippen LogP contribution in [0.3, 0.4) is 0 Å². The summed E-state index contributed by atoms with van der Waals surface area (Å²) in [5.74, 6) is 1.67. The van der Waals surface area contributed by atoms with E-state index in [1.165, 1.54) is 6.20 Å². The van der Waals surface area contributed by atoms with Crippen LogP contribution in [-0.2, 0) is 12.8 Å². The zero-order valence-corrected chi connectivity index (χ0v) is 16.5. The molecule has 0 fully saturated rings. The molecule has 9 heteroatoms. The Morgan fingerprint density at radius 2 is 1.79 bits per heavy atom. The quantitative estimate of drug-likeness (QED) is 0.690. The number of fused-ring (bicyclic) bond motifs is 2. The number of nitrogens with zero attached hydrogens (tertiary/aromatic N) is 2. The Bertz CT molecular complexity index is 1130. The van der Waals surface area contributed by atoms with Crippen LogP contribution in [0.4, 0.5) is 0 Å². The van der Waals surface area contributed by atoms with Crippen molar-refractivity contribution in [2.45, 2.75) is 12.8 Å². The lowest BCUT2D eigenvalue weighted by atomic mass is 10.0. The minimum absolute atomic E-state index is 0.132. The van der Waals surface area contributed by atoms with Crippen molar-refractivity contribution in [3.8, 4) is 17.2 Å². The molecule has 2 N–H and O–H groups in total. The van der Waals surface area contributed by atoms with Crippen LogP contribution in [0.1, 0.15) is 21.5 Å². The van der Waals surface area contributed by atoms with Gasteiger partial charge in [0.1, 0.15) is 0 Å². The standard InChI is InChI=1S/C20H22N4O5/c1-27-15-9-11-4-6-24(7-5-13(11)16(28-2)17(15)29-3)19(25)12-8-14-18(21-10-12)23-20(26)22-14/h8-10H,4-7H2,1-3H3,(H2,21,22,23,26). The molecule has 1 amide bonds. The van der Waals surface area contributed by atoms with Crippen LogP contribution in [0.25, 0.3) is 11.2 Å². The van der Waals surface area contributed by atoms with E-state index in [4.69, 9.17) is 14.2 Å². The van der Waals surface area contributed by atoms with E-state index in [9.17, 15) is 9.59 Å². The maximum atomic E-state index is 13.1. The molecule has 4 rings (SSSR count). The lowest BCUT2D eigenvalue weighted by Crippen LogP contribution is -2.33. The van der Waals surface area contributed by atoms with Crippen molar-refractivity contribution in [1.82, 2.24) is 19.9 Å². The first kappa shape index (κ1) is 18.9. The van der Waals surface area contributed by atoms with Gasteiger partial charge in [-0.25, -0.2) is 9.78 Å². The fourth-order valence-electron chi connectivity index (χ4n) is 3.80. The molecule has 29 heavy (non-hydrogen) atoms. The molecule has 0 bridgehead atoms. The fraction of sp³-hybridized carbons (Fsp3) is 0.350. The number of methoxy groups -OCH3 is 3. The van der Waals surface area contributed by atoms with Gasteiger partial charge in [0.2, 0.25) is 5.75 Å². The van der Waals surface area contributed by atoms with E-state index in [-0.39, 0.29) is 11.6 Å². The molecule has 0 spiro atoms. The Labute approximate surface area is 166 Å². The fourth-order valence-corrected chi connectivity index (χ4v) is 3.80. The van der Waals surface area contributed by atoms with E-state index in [1.807, 2.05) is 6.07 Å². The Morgan fingerprint density at radius 1 is 1.03 bits per heavy atom. The summed E-state index contributed by atoms with van der Waals surface area (Å²) in [6, 6.07) is 3.59. The Hall–Kier alpha value is -3.49. The zero-order valence-electron chi connectivity index (χ0n) is 16.5. The summed E-state index contributed by atoms with van der Waals surface area (Å²) < 4.78 is 16.5. The average molecular weight is 398 g/mol. The number of amides is 1. The number of aromatic amines is 2. The second-order valence-corrected chi connectivity index (χ2v) is 6.77. The molecule has 0 unspecified atom stereocenters. The predicted molar refractivity (Wildman–Crippen MR) is 106 cm³/mol. The second kappa shape index (κ2) is 7.50. The van der Waals surface area contributed by atoms with E-state index >= 15 is 0 Å². The number of ether oxygens (including phenoxy) is 3. The number of hydrogen-bond acceptors (Lipinski definition) is 6. The highest BCUT2D eigenvalue weighted by atomic mass is 16.5. The first-order valence-corrected chi connectivity index (χ1v) is 9.23. The second-order valence-electron chi connectivity index (χ2n) is 6.77. The predicted octanol–water partition coefficient (Wildman–Crippen LogP) is 1.52. The van der Waals surface area contributed by atoms with Gasteiger partial charge in [0, 0.05) is 24.8 Å². The van der Waals surface area contributed by atoms with Crippen LogP contribution in [0.15, 0.2) is 23.1 Å². The van der Waals surface area contributed by atoms with Crippen molar-refractivity contribution >= 4 is 17.1 Å². The Kier molecular flexibility index (Phi) is 4.87. The van der Waals surface area contributed by atoms with Crippen molar-refractivity contribution < 1.29 is 19.0 Å². The molecule has 3 aromatic rings. The molecule has 0 radical (unpaired) electrons. The SMILES string of the molecule is COc1cc2c(c(OC)c1OC)CCN(C(=O)c1cnc3[nH]c(=O)[nH]c3c1)CC2. The number of nitrogens with one attached hydrogen (secondary N) is 2. The molecule has 9 nitrogen and oxygen atoms in total. The van der Waals surface area contributed by atoms with Crippen molar-refractivity contribution in [2.75, 3.05) is 34.4 Å². The molecular formula is C20H22N4O5. The maximum absolute atomic E-state index is 13.1. The van der Waals surface area contributed by atoms with Gasteiger partial charge < -0.3 is 24.1 Å². The molecule has 0 saturated carbocycles. The van der Waals surface area contributed by atoms with Crippen LogP contribution in [0.2, 0.25) is 0 Å². The van der Waals surface area contributed by atoms with Gasteiger partial charge in [0.25, 0.3) is 5.91 Å². The smallest absolute Gasteiger partial charge is 0.325 e. The number of hydrogen-bond donors (Lipinski definition) is 2. The highest BCUT2D eigenvalue weighted by Gasteiger charge is 2.26. The van der Waals surface area contributed by atoms with Crippen LogP contribution >= 0.6 is 0 Å². The normalized spacial score (nSPS) is 13.7. The van der Waals surface area contributed by atoms with Gasteiger partial charge in [-0.15, -0.1) is 0 Å². The van der Waals surface area contributed by atoms with Crippen molar-refractivity contribution in [3.05, 3.63) is 45.5 Å². The summed E-state index contributed by atoms with van der Waals surface area (Å²) in [7, 11) is 4.77. The molecule has 152 valence electrons. The molecule has 2 aromatic heterocycles. The number of imidazole rings is 1. The van der Waals surface area contributed by atoms with Gasteiger partial charge in [0.15, 0.2) is 17.1 Å². The van der Waals surface area contributed by atoms with E-state index in [1.54, 1.807) is 32.3 Å². The number of H-pyrrole nitrogens is 2. The largest absolute Gasteiger partial charge is 0.493 e. The summed E-state index contributed by atoms with van der Waals surface area (Å²) in [4.78, 5) is 35.6. The lowest BCUT2D eigenvalue weighted by Gasteiger charge is -2.20. The number of benzene rings is 1. The highest BCUT2D eigenvalue weighted by molar-refractivity contribution is 5.96. The van der Waals surface area contributed by atoms with Gasteiger partial charge in [-0.2, -0.15) is 0 Å². The third-order valence-corrected chi connectivity index (χ3v) is 5.21. The summed E-state index contributed by atoms with van der Waals surface area (Å²) in [6.07, 6.45) is 2.77. The van der Waals surface area contributed by atoms with E-state index in [2.05, 4.69) is 15.0 Å². The average Bonchev–Trinajstić information content (AvgIpc) is 2.98. The molecule has 3 heterocycles. The monoisotopic (exact) mass is 398 g/mol. The van der Waals surface area contributed by atoms with Crippen LogP contribution in [0.5, 0.6) is 17.2 Å². The molecule has 0 aliphatic carbocycles. The van der Waals surface area contributed by atoms with Crippen LogP contribution < -0.4 is 19.9 Å². The van der Waals surface area contributed by atoms with Crippen LogP contribution in [-0.4, -0.2) is 60.2 Å². The summed E-state index contributed by atoms with van der Waals surface area (Å²) in [5.41, 5.74) is 3.11. The number of carbonyl (C=O) groups is 1. The minimum Gasteiger partial charge on any atom is -0.493 e. The Morgan fingerprint density at radius 3 is 2.52 bits per heavy atom. The molecule has 0 saturated heterocycles. The molecular weight excluding hydrogens is 376 g/mol. The topological polar surface area (TPSA) is 110 Å². The zero-order chi connectivity index (χ0) is 20.5. The molecule has 1 aliphatic rings. The summed E-state index contributed by atoms with van der Waals surface area (Å²) in [5, 5.41) is 0. The minimum atomic E-state index is -0.350. The van der Waals surface area contributed by atoms with Gasteiger partial charge in [0.05, 0.1) is 32.4 Å². The number of rotatable bonds is 4. The van der Waals surface area contributed by atoms with E-state index in [0.29, 0.717) is 59.9 Å². The van der Waals surface area contributed by atoms with Crippen LogP contribution in [0, 0.1) is 0 Å². The van der Waals surface area contributed by atoms with Gasteiger partial charge in [-0.05, 0) is 30.5 Å². The third kappa shape index (κ3) is 3.28. The molecule has 0 atom stereocenters. The Balaban J connectivity index is 1.63. The first-order chi connectivity index (χ1) is 14.0. The van der Waals surface area contributed by atoms with Crippen molar-refractivity contribution in [3.63, 3.8) is 0 Å². The summed E-state index contributed by atoms with van der Waals surface area (Å²) >= 11 is 0. The summed E-state index contributed by atoms with van der Waals surface area (Å²) in [6.45, 7) is 1.07. The van der Waals surface area contributed by atoms with E-state index < -0.39 is 0 Å². The number of aromatic nitrogens is 3. The number of carbonyl (C=O) groups excluding carboxylic acids is 1. The molecule has 1 aliphatic heterocycles. The first-order valence-electron chi connectivity index (χ1n) is 9.23. The number of pyridine rings is 1. The maximum Gasteiger partial charge on any atom is 0.325 e.